The van der Waals surface area contributed by atoms with Crippen LogP contribution in [-0.4, -0.2) is 12.5 Å². The van der Waals surface area contributed by atoms with Crippen LogP contribution < -0.4 is 16.6 Å². The van der Waals surface area contributed by atoms with Gasteiger partial charge in [0, 0.05) is 6.54 Å². The smallest absolute Gasteiger partial charge is 0.253 e. The Morgan fingerprint density at radius 3 is 2.82 bits per heavy atom. The molecule has 0 radical (unpaired) electrons. The number of hydrazine groups is 1. The Kier molecular flexibility index (Phi) is 3.02. The first-order valence-corrected chi connectivity index (χ1v) is 5.59. The number of anilines is 1. The van der Waals surface area contributed by atoms with Crippen LogP contribution in [0.25, 0.3) is 0 Å². The molecule has 0 atom stereocenters. The Labute approximate surface area is 99.4 Å². The fourth-order valence-corrected chi connectivity index (χ4v) is 1.64. The van der Waals surface area contributed by atoms with E-state index in [-0.39, 0.29) is 22.6 Å². The molecule has 1 amide bonds. The average Bonchev–Trinajstić information content (AvgIpc) is 3.04. The minimum Gasteiger partial charge on any atom is -0.351 e. The molecule has 1 fully saturated rings. The van der Waals surface area contributed by atoms with Gasteiger partial charge < -0.3 is 10.7 Å². The van der Waals surface area contributed by atoms with Crippen LogP contribution >= 0.6 is 0 Å². The molecule has 0 saturated heterocycles. The number of amides is 1. The molecule has 1 aliphatic carbocycles. The van der Waals surface area contributed by atoms with Crippen molar-refractivity contribution >= 4 is 11.6 Å². The number of hydrogen-bond donors (Lipinski definition) is 3. The summed E-state index contributed by atoms with van der Waals surface area (Å²) in [6.07, 6.45) is 2.25. The summed E-state index contributed by atoms with van der Waals surface area (Å²) in [6.45, 7) is 2.73. The molecule has 0 aromatic heterocycles. The number of halogens is 1. The number of benzene rings is 1. The molecule has 4 nitrogen and oxygen atoms in total. The van der Waals surface area contributed by atoms with Crippen molar-refractivity contribution in [3.05, 3.63) is 29.6 Å². The van der Waals surface area contributed by atoms with Gasteiger partial charge in [-0.1, -0.05) is 13.0 Å². The van der Waals surface area contributed by atoms with E-state index >= 15 is 0 Å². The summed E-state index contributed by atoms with van der Waals surface area (Å²) in [7, 11) is 0. The van der Waals surface area contributed by atoms with Gasteiger partial charge in [0.25, 0.3) is 5.91 Å². The molecule has 0 bridgehead atoms. The van der Waals surface area contributed by atoms with Crippen LogP contribution in [0.3, 0.4) is 0 Å². The second-order valence-corrected chi connectivity index (χ2v) is 4.80. The summed E-state index contributed by atoms with van der Waals surface area (Å²) >= 11 is 0. The average molecular weight is 237 g/mol. The van der Waals surface area contributed by atoms with Crippen molar-refractivity contribution in [1.82, 2.24) is 5.32 Å². The predicted octanol–water partition coefficient (Wildman–Crippen LogP) is 1.64. The molecule has 0 heterocycles. The maximum Gasteiger partial charge on any atom is 0.253 e. The largest absolute Gasteiger partial charge is 0.351 e. The SMILES string of the molecule is CC1(CNC(=O)c2cccc(F)c2NN)CC1. The summed E-state index contributed by atoms with van der Waals surface area (Å²) < 4.78 is 13.4. The van der Waals surface area contributed by atoms with Crippen molar-refractivity contribution in [2.45, 2.75) is 19.8 Å². The van der Waals surface area contributed by atoms with E-state index in [0.717, 1.165) is 12.8 Å². The van der Waals surface area contributed by atoms with E-state index in [1.807, 2.05) is 0 Å². The normalized spacial score (nSPS) is 16.4. The van der Waals surface area contributed by atoms with Gasteiger partial charge in [-0.15, -0.1) is 0 Å². The molecule has 4 N–H and O–H groups in total. The fourth-order valence-electron chi connectivity index (χ4n) is 1.64. The zero-order chi connectivity index (χ0) is 12.5. The van der Waals surface area contributed by atoms with Gasteiger partial charge in [0.15, 0.2) is 0 Å². The molecule has 0 aliphatic heterocycles. The highest BCUT2D eigenvalue weighted by Gasteiger charge is 2.37. The lowest BCUT2D eigenvalue weighted by Crippen LogP contribution is -2.30. The second kappa shape index (κ2) is 4.33. The third-order valence-corrected chi connectivity index (χ3v) is 3.18. The minimum atomic E-state index is -0.530. The van der Waals surface area contributed by atoms with Gasteiger partial charge in [0.05, 0.1) is 11.3 Å². The fraction of sp³-hybridized carbons (Fsp3) is 0.417. The van der Waals surface area contributed by atoms with Gasteiger partial charge in [0.1, 0.15) is 5.82 Å². The number of carbonyl (C=O) groups excluding carboxylic acids is 1. The van der Waals surface area contributed by atoms with E-state index in [2.05, 4.69) is 17.7 Å². The first-order chi connectivity index (χ1) is 8.06. The number of para-hydroxylation sites is 1. The Hall–Kier alpha value is -1.62. The summed E-state index contributed by atoms with van der Waals surface area (Å²) in [6, 6.07) is 4.29. The topological polar surface area (TPSA) is 67.2 Å². The van der Waals surface area contributed by atoms with E-state index in [0.29, 0.717) is 6.54 Å². The minimum absolute atomic E-state index is 0.0333. The molecule has 1 aromatic rings. The molecule has 1 aromatic carbocycles. The van der Waals surface area contributed by atoms with Crippen LogP contribution in [-0.2, 0) is 0 Å². The first-order valence-electron chi connectivity index (χ1n) is 5.59. The van der Waals surface area contributed by atoms with Crippen molar-refractivity contribution in [2.24, 2.45) is 11.3 Å². The van der Waals surface area contributed by atoms with E-state index in [4.69, 9.17) is 5.84 Å². The third kappa shape index (κ3) is 2.55. The number of hydrogen-bond acceptors (Lipinski definition) is 3. The van der Waals surface area contributed by atoms with Crippen LogP contribution in [0.1, 0.15) is 30.1 Å². The Balaban J connectivity index is 2.10. The van der Waals surface area contributed by atoms with Crippen molar-refractivity contribution in [2.75, 3.05) is 12.0 Å². The Bertz CT molecular complexity index is 443. The van der Waals surface area contributed by atoms with Crippen molar-refractivity contribution in [1.29, 1.82) is 0 Å². The molecule has 0 unspecified atom stereocenters. The summed E-state index contributed by atoms with van der Waals surface area (Å²) in [4.78, 5) is 11.9. The van der Waals surface area contributed by atoms with Crippen LogP contribution in [0.2, 0.25) is 0 Å². The number of carbonyl (C=O) groups is 1. The van der Waals surface area contributed by atoms with Crippen LogP contribution in [0.4, 0.5) is 10.1 Å². The molecule has 1 aliphatic rings. The van der Waals surface area contributed by atoms with Crippen LogP contribution in [0, 0.1) is 11.2 Å². The molecular weight excluding hydrogens is 221 g/mol. The Morgan fingerprint density at radius 2 is 2.24 bits per heavy atom. The highest BCUT2D eigenvalue weighted by atomic mass is 19.1. The van der Waals surface area contributed by atoms with Crippen LogP contribution in [0.15, 0.2) is 18.2 Å². The van der Waals surface area contributed by atoms with Gasteiger partial charge in [-0.2, -0.15) is 0 Å². The highest BCUT2D eigenvalue weighted by molar-refractivity contribution is 5.99. The van der Waals surface area contributed by atoms with E-state index in [9.17, 15) is 9.18 Å². The van der Waals surface area contributed by atoms with Crippen LogP contribution in [0.5, 0.6) is 0 Å². The zero-order valence-corrected chi connectivity index (χ0v) is 9.72. The monoisotopic (exact) mass is 237 g/mol. The predicted molar refractivity (Wildman–Crippen MR) is 63.9 cm³/mol. The maximum absolute atomic E-state index is 13.4. The van der Waals surface area contributed by atoms with E-state index in [1.165, 1.54) is 12.1 Å². The van der Waals surface area contributed by atoms with Gasteiger partial charge in [-0.05, 0) is 30.4 Å². The van der Waals surface area contributed by atoms with Gasteiger partial charge >= 0.3 is 0 Å². The quantitative estimate of drug-likeness (QED) is 0.551. The lowest BCUT2D eigenvalue weighted by Gasteiger charge is -2.12. The van der Waals surface area contributed by atoms with E-state index in [1.54, 1.807) is 6.07 Å². The van der Waals surface area contributed by atoms with Gasteiger partial charge in [0.2, 0.25) is 0 Å². The molecule has 2 rings (SSSR count). The van der Waals surface area contributed by atoms with E-state index < -0.39 is 5.82 Å². The third-order valence-electron chi connectivity index (χ3n) is 3.18. The van der Waals surface area contributed by atoms with Crippen molar-refractivity contribution < 1.29 is 9.18 Å². The standard InChI is InChI=1S/C12H16FN3O/c1-12(5-6-12)7-15-11(17)8-3-2-4-9(13)10(8)16-14/h2-4,16H,5-7,14H2,1H3,(H,15,17). The lowest BCUT2D eigenvalue weighted by atomic mass is 10.1. The number of nitrogens with one attached hydrogen (secondary N) is 2. The number of nitrogen functional groups attached to an aromatic ring is 1. The molecular formula is C12H16FN3O. The second-order valence-electron chi connectivity index (χ2n) is 4.80. The van der Waals surface area contributed by atoms with Crippen molar-refractivity contribution in [3.63, 3.8) is 0 Å². The summed E-state index contributed by atoms with van der Waals surface area (Å²) in [5, 5.41) is 2.80. The Morgan fingerprint density at radius 1 is 1.53 bits per heavy atom. The molecule has 0 spiro atoms. The molecule has 17 heavy (non-hydrogen) atoms. The highest BCUT2D eigenvalue weighted by Crippen LogP contribution is 2.44. The van der Waals surface area contributed by atoms with Gasteiger partial charge in [-0.3, -0.25) is 10.6 Å². The number of nitrogens with two attached hydrogens (primary N) is 1. The number of rotatable bonds is 4. The molecule has 5 heteroatoms. The zero-order valence-electron chi connectivity index (χ0n) is 9.72. The first kappa shape index (κ1) is 11.9. The maximum atomic E-state index is 13.4. The molecule has 1 saturated carbocycles. The lowest BCUT2D eigenvalue weighted by molar-refractivity contribution is 0.0946. The molecule has 92 valence electrons. The van der Waals surface area contributed by atoms with Gasteiger partial charge in [-0.25, -0.2) is 4.39 Å². The van der Waals surface area contributed by atoms with Crippen molar-refractivity contribution in [3.8, 4) is 0 Å². The summed E-state index contributed by atoms with van der Waals surface area (Å²) in [5.41, 5.74) is 2.71. The summed E-state index contributed by atoms with van der Waals surface area (Å²) in [5.74, 6) is 4.38.